The highest BCUT2D eigenvalue weighted by Gasteiger charge is 2.39. The zero-order valence-electron chi connectivity index (χ0n) is 14.2. The Hall–Kier alpha value is -2.68. The Labute approximate surface area is 148 Å². The summed E-state index contributed by atoms with van der Waals surface area (Å²) in [6.45, 7) is 6.67. The van der Waals surface area contributed by atoms with E-state index >= 15 is 0 Å². The van der Waals surface area contributed by atoms with Crippen LogP contribution in [0.3, 0.4) is 0 Å². The van der Waals surface area contributed by atoms with Gasteiger partial charge in [-0.05, 0) is 18.2 Å². The predicted molar refractivity (Wildman–Crippen MR) is 86.4 cm³/mol. The lowest BCUT2D eigenvalue weighted by Gasteiger charge is -2.24. The van der Waals surface area contributed by atoms with Crippen LogP contribution in [0.2, 0.25) is 0 Å². The van der Waals surface area contributed by atoms with Crippen molar-refractivity contribution in [2.75, 3.05) is 11.9 Å². The van der Waals surface area contributed by atoms with Crippen molar-refractivity contribution in [1.82, 2.24) is 0 Å². The Balaban J connectivity index is 2.75. The van der Waals surface area contributed by atoms with Gasteiger partial charge in [0.05, 0.1) is 18.6 Å². The zero-order valence-corrected chi connectivity index (χ0v) is 14.2. The van der Waals surface area contributed by atoms with E-state index in [0.29, 0.717) is 0 Å². The van der Waals surface area contributed by atoms with Crippen molar-refractivity contribution in [3.05, 3.63) is 42.5 Å². The van der Waals surface area contributed by atoms with Gasteiger partial charge < -0.3 is 14.8 Å². The summed E-state index contributed by atoms with van der Waals surface area (Å²) in [6, 6.07) is 5.35. The lowest BCUT2D eigenvalue weighted by molar-refractivity contribution is -0.172. The highest BCUT2D eigenvalue weighted by Crippen LogP contribution is 2.20. The number of carbonyl (C=O) groups is 3. The summed E-state index contributed by atoms with van der Waals surface area (Å²) >= 11 is 0. The lowest BCUT2D eigenvalue weighted by atomic mass is 10.2. The molecule has 0 heterocycles. The minimum Gasteiger partial charge on any atom is -0.430 e. The van der Waals surface area contributed by atoms with Crippen molar-refractivity contribution in [3.8, 4) is 0 Å². The molecule has 0 bridgehead atoms. The Kier molecular flexibility index (Phi) is 7.08. The fourth-order valence-corrected chi connectivity index (χ4v) is 1.75. The number of rotatable bonds is 8. The SMILES string of the molecule is C=CCOC(C)(C)OC(=O)c1cccc(NC(=O)CC(=O)C(F)(F)F)c1. The Morgan fingerprint density at radius 2 is 1.88 bits per heavy atom. The molecule has 0 aliphatic heterocycles. The number of Topliss-reactive ketones (excluding diaryl/α,β-unsaturated/α-hetero) is 1. The van der Waals surface area contributed by atoms with E-state index in [4.69, 9.17) is 9.47 Å². The van der Waals surface area contributed by atoms with Crippen LogP contribution in [0.4, 0.5) is 18.9 Å². The third-order valence-corrected chi connectivity index (χ3v) is 2.91. The third kappa shape index (κ3) is 7.06. The van der Waals surface area contributed by atoms with Gasteiger partial charge in [-0.3, -0.25) is 9.59 Å². The van der Waals surface area contributed by atoms with E-state index in [1.54, 1.807) is 0 Å². The number of ketones is 1. The third-order valence-electron chi connectivity index (χ3n) is 2.91. The fraction of sp³-hybridized carbons (Fsp3) is 0.353. The summed E-state index contributed by atoms with van der Waals surface area (Å²) in [5.74, 6) is -5.30. The summed E-state index contributed by atoms with van der Waals surface area (Å²) < 4.78 is 46.9. The van der Waals surface area contributed by atoms with E-state index in [1.807, 2.05) is 0 Å². The quantitative estimate of drug-likeness (QED) is 0.327. The van der Waals surface area contributed by atoms with Gasteiger partial charge >= 0.3 is 12.1 Å². The molecule has 0 aliphatic rings. The van der Waals surface area contributed by atoms with E-state index < -0.39 is 36.0 Å². The van der Waals surface area contributed by atoms with E-state index in [-0.39, 0.29) is 17.9 Å². The van der Waals surface area contributed by atoms with Crippen molar-refractivity contribution < 1.29 is 37.0 Å². The smallest absolute Gasteiger partial charge is 0.430 e. The van der Waals surface area contributed by atoms with Gasteiger partial charge in [0.25, 0.3) is 0 Å². The van der Waals surface area contributed by atoms with Crippen LogP contribution in [0, 0.1) is 0 Å². The Morgan fingerprint density at radius 1 is 1.23 bits per heavy atom. The molecule has 1 N–H and O–H groups in total. The second kappa shape index (κ2) is 8.61. The first-order chi connectivity index (χ1) is 11.9. The van der Waals surface area contributed by atoms with Gasteiger partial charge in [-0.1, -0.05) is 12.1 Å². The highest BCUT2D eigenvalue weighted by atomic mass is 19.4. The number of esters is 1. The number of ether oxygens (including phenoxy) is 2. The zero-order chi connectivity index (χ0) is 20.0. The molecule has 1 rings (SSSR count). The molecular weight excluding hydrogens is 355 g/mol. The molecule has 0 saturated carbocycles. The van der Waals surface area contributed by atoms with Crippen molar-refractivity contribution in [3.63, 3.8) is 0 Å². The standard InChI is InChI=1S/C17H18F3NO5/c1-4-8-25-16(2,3)26-15(24)11-6-5-7-12(9-11)21-14(23)10-13(22)17(18,19)20/h4-7,9H,1,8,10H2,2-3H3,(H,21,23). The molecule has 9 heteroatoms. The molecule has 0 spiro atoms. The van der Waals surface area contributed by atoms with Crippen LogP contribution in [-0.4, -0.2) is 36.2 Å². The minimum atomic E-state index is -5.08. The lowest BCUT2D eigenvalue weighted by Crippen LogP contribution is -2.31. The van der Waals surface area contributed by atoms with Gasteiger partial charge in [-0.2, -0.15) is 13.2 Å². The molecule has 0 unspecified atom stereocenters. The summed E-state index contributed by atoms with van der Waals surface area (Å²) in [5, 5.41) is 2.13. The first kappa shape index (κ1) is 21.4. The number of nitrogens with one attached hydrogen (secondary N) is 1. The van der Waals surface area contributed by atoms with E-state index in [9.17, 15) is 27.6 Å². The van der Waals surface area contributed by atoms with Crippen molar-refractivity contribution in [1.29, 1.82) is 0 Å². The van der Waals surface area contributed by atoms with Crippen molar-refractivity contribution >= 4 is 23.3 Å². The molecule has 6 nitrogen and oxygen atoms in total. The number of amides is 1. The second-order valence-electron chi connectivity index (χ2n) is 5.62. The molecule has 0 aromatic heterocycles. The molecule has 1 amide bonds. The van der Waals surface area contributed by atoms with Crippen LogP contribution in [-0.2, 0) is 19.1 Å². The summed E-state index contributed by atoms with van der Waals surface area (Å²) in [7, 11) is 0. The number of hydrogen-bond donors (Lipinski definition) is 1. The van der Waals surface area contributed by atoms with E-state index in [2.05, 4.69) is 11.9 Å². The van der Waals surface area contributed by atoms with Gasteiger partial charge in [0, 0.05) is 19.5 Å². The largest absolute Gasteiger partial charge is 0.450 e. The topological polar surface area (TPSA) is 81.7 Å². The molecule has 0 fully saturated rings. The maximum absolute atomic E-state index is 12.2. The van der Waals surface area contributed by atoms with E-state index in [1.165, 1.54) is 44.2 Å². The number of hydrogen-bond acceptors (Lipinski definition) is 5. The number of benzene rings is 1. The van der Waals surface area contributed by atoms with Gasteiger partial charge in [0.15, 0.2) is 0 Å². The van der Waals surface area contributed by atoms with Crippen molar-refractivity contribution in [2.24, 2.45) is 0 Å². The van der Waals surface area contributed by atoms with E-state index in [0.717, 1.165) is 0 Å². The first-order valence-corrected chi connectivity index (χ1v) is 7.43. The molecule has 142 valence electrons. The number of alkyl halides is 3. The van der Waals surface area contributed by atoms with Gasteiger partial charge in [0.1, 0.15) is 0 Å². The fourth-order valence-electron chi connectivity index (χ4n) is 1.75. The highest BCUT2D eigenvalue weighted by molar-refractivity contribution is 6.06. The van der Waals surface area contributed by atoms with Crippen LogP contribution in [0.15, 0.2) is 36.9 Å². The number of carbonyl (C=O) groups excluding carboxylic acids is 3. The molecule has 1 aromatic carbocycles. The molecule has 0 saturated heterocycles. The summed E-state index contributed by atoms with van der Waals surface area (Å²) in [4.78, 5) is 34.4. The van der Waals surface area contributed by atoms with Gasteiger partial charge in [-0.15, -0.1) is 6.58 Å². The van der Waals surface area contributed by atoms with Crippen LogP contribution >= 0.6 is 0 Å². The van der Waals surface area contributed by atoms with Gasteiger partial charge in [0.2, 0.25) is 17.5 Å². The predicted octanol–water partition coefficient (Wildman–Crippen LogP) is 3.24. The molecular formula is C17H18F3NO5. The maximum atomic E-state index is 12.2. The average molecular weight is 373 g/mol. The average Bonchev–Trinajstić information content (AvgIpc) is 2.51. The molecule has 26 heavy (non-hydrogen) atoms. The van der Waals surface area contributed by atoms with Gasteiger partial charge in [-0.25, -0.2) is 4.79 Å². The van der Waals surface area contributed by atoms with Crippen LogP contribution in [0.5, 0.6) is 0 Å². The summed E-state index contributed by atoms with van der Waals surface area (Å²) in [6.07, 6.45) is -4.95. The normalized spacial score (nSPS) is 11.6. The van der Waals surface area contributed by atoms with Crippen LogP contribution in [0.25, 0.3) is 0 Å². The van der Waals surface area contributed by atoms with Crippen molar-refractivity contribution in [2.45, 2.75) is 32.2 Å². The molecule has 0 aliphatic carbocycles. The molecule has 0 atom stereocenters. The number of halogens is 3. The van der Waals surface area contributed by atoms with Crippen LogP contribution < -0.4 is 5.32 Å². The maximum Gasteiger partial charge on any atom is 0.450 e. The summed E-state index contributed by atoms with van der Waals surface area (Å²) in [5.41, 5.74) is 0.0875. The monoisotopic (exact) mass is 373 g/mol. The number of anilines is 1. The molecule has 0 radical (unpaired) electrons. The second-order valence-corrected chi connectivity index (χ2v) is 5.62. The van der Waals surface area contributed by atoms with Crippen LogP contribution in [0.1, 0.15) is 30.6 Å². The molecule has 1 aromatic rings. The first-order valence-electron chi connectivity index (χ1n) is 7.43. The Morgan fingerprint density at radius 3 is 2.46 bits per heavy atom. The minimum absolute atomic E-state index is 0.0419. The Bertz CT molecular complexity index is 698.